The predicted octanol–water partition coefficient (Wildman–Crippen LogP) is 2.94. The fourth-order valence-electron chi connectivity index (χ4n) is 1.80. The zero-order valence-corrected chi connectivity index (χ0v) is 11.1. The van der Waals surface area contributed by atoms with Crippen LogP contribution < -0.4 is 0 Å². The number of carboxylic acid groups (broad SMARTS) is 1. The summed E-state index contributed by atoms with van der Waals surface area (Å²) in [6, 6.07) is 10.4. The van der Waals surface area contributed by atoms with Crippen molar-refractivity contribution in [1.82, 2.24) is 4.98 Å². The summed E-state index contributed by atoms with van der Waals surface area (Å²) in [5, 5.41) is 8.85. The van der Waals surface area contributed by atoms with Crippen molar-refractivity contribution >= 4 is 18.4 Å². The monoisotopic (exact) mass is 279 g/mol. The molecular weight excluding hydrogens is 266 g/mol. The Morgan fingerprint density at radius 3 is 2.37 bits per heavy atom. The molecule has 0 fully saturated rings. The van der Waals surface area contributed by atoms with Crippen molar-refractivity contribution in [1.29, 1.82) is 0 Å². The van der Waals surface area contributed by atoms with Gasteiger partial charge < -0.3 is 9.84 Å². The highest BCUT2D eigenvalue weighted by Gasteiger charge is 2.13. The average Bonchev–Trinajstić information content (AvgIpc) is 2.41. The number of methoxy groups -OCH3 is 1. The number of aromatic nitrogens is 1. The largest absolute Gasteiger partial charge is 0.478 e. The molecule has 1 N–H and O–H groups in total. The minimum Gasteiger partial charge on any atom is -0.478 e. The van der Waals surface area contributed by atoms with Crippen molar-refractivity contribution in [2.24, 2.45) is 0 Å². The SMILES string of the molecule is COC(c1ccc(C(=O)O)cc1)c1cccnc1.Cl. The van der Waals surface area contributed by atoms with E-state index in [1.165, 1.54) is 0 Å². The second kappa shape index (κ2) is 6.87. The summed E-state index contributed by atoms with van der Waals surface area (Å²) in [6.45, 7) is 0. The van der Waals surface area contributed by atoms with E-state index in [-0.39, 0.29) is 24.1 Å². The van der Waals surface area contributed by atoms with Gasteiger partial charge in [-0.25, -0.2) is 4.79 Å². The van der Waals surface area contributed by atoms with E-state index in [0.29, 0.717) is 0 Å². The molecule has 4 nitrogen and oxygen atoms in total. The first-order valence-electron chi connectivity index (χ1n) is 5.48. The lowest BCUT2D eigenvalue weighted by Crippen LogP contribution is -2.04. The van der Waals surface area contributed by atoms with Crippen molar-refractivity contribution in [2.45, 2.75) is 6.10 Å². The van der Waals surface area contributed by atoms with E-state index in [4.69, 9.17) is 9.84 Å². The maximum Gasteiger partial charge on any atom is 0.335 e. The topological polar surface area (TPSA) is 59.4 Å². The normalized spacial score (nSPS) is 11.4. The third kappa shape index (κ3) is 3.53. The Bertz CT molecular complexity index is 528. The molecule has 0 aliphatic heterocycles. The van der Waals surface area contributed by atoms with Gasteiger partial charge in [0.25, 0.3) is 0 Å². The number of ether oxygens (including phenoxy) is 1. The second-order valence-electron chi connectivity index (χ2n) is 3.83. The molecule has 0 radical (unpaired) electrons. The zero-order chi connectivity index (χ0) is 13.0. The van der Waals surface area contributed by atoms with E-state index >= 15 is 0 Å². The summed E-state index contributed by atoms with van der Waals surface area (Å²) >= 11 is 0. The molecule has 0 saturated carbocycles. The molecule has 0 amide bonds. The number of halogens is 1. The number of rotatable bonds is 4. The molecule has 0 saturated heterocycles. The molecule has 1 heterocycles. The molecule has 100 valence electrons. The van der Waals surface area contributed by atoms with Crippen LogP contribution in [0.4, 0.5) is 0 Å². The number of hydrogen-bond acceptors (Lipinski definition) is 3. The molecule has 5 heteroatoms. The molecule has 1 aromatic carbocycles. The first kappa shape index (κ1) is 15.1. The van der Waals surface area contributed by atoms with Crippen LogP contribution in [0.2, 0.25) is 0 Å². The molecule has 0 bridgehead atoms. The molecule has 19 heavy (non-hydrogen) atoms. The van der Waals surface area contributed by atoms with Crippen LogP contribution in [0, 0.1) is 0 Å². The maximum atomic E-state index is 10.8. The summed E-state index contributed by atoms with van der Waals surface area (Å²) in [7, 11) is 1.61. The number of pyridine rings is 1. The van der Waals surface area contributed by atoms with Gasteiger partial charge in [0.15, 0.2) is 0 Å². The summed E-state index contributed by atoms with van der Waals surface area (Å²) in [6.07, 6.45) is 3.20. The maximum absolute atomic E-state index is 10.8. The minimum absolute atomic E-state index is 0. The highest BCUT2D eigenvalue weighted by atomic mass is 35.5. The van der Waals surface area contributed by atoms with Crippen LogP contribution in [-0.4, -0.2) is 23.2 Å². The molecule has 2 aromatic rings. The lowest BCUT2D eigenvalue weighted by atomic mass is 10.0. The van der Waals surface area contributed by atoms with Gasteiger partial charge in [-0.2, -0.15) is 0 Å². The third-order valence-electron chi connectivity index (χ3n) is 2.68. The van der Waals surface area contributed by atoms with E-state index in [1.54, 1.807) is 43.8 Å². The van der Waals surface area contributed by atoms with Crippen molar-refractivity contribution < 1.29 is 14.6 Å². The van der Waals surface area contributed by atoms with Crippen molar-refractivity contribution in [3.8, 4) is 0 Å². The quantitative estimate of drug-likeness (QED) is 0.935. The van der Waals surface area contributed by atoms with Gasteiger partial charge in [0.05, 0.1) is 5.56 Å². The lowest BCUT2D eigenvalue weighted by Gasteiger charge is -2.15. The number of carboxylic acids is 1. The van der Waals surface area contributed by atoms with Crippen LogP contribution >= 0.6 is 12.4 Å². The van der Waals surface area contributed by atoms with Crippen molar-refractivity contribution in [3.63, 3.8) is 0 Å². The smallest absolute Gasteiger partial charge is 0.335 e. The first-order valence-corrected chi connectivity index (χ1v) is 5.48. The first-order chi connectivity index (χ1) is 8.72. The second-order valence-corrected chi connectivity index (χ2v) is 3.83. The van der Waals surface area contributed by atoms with E-state index in [0.717, 1.165) is 11.1 Å². The minimum atomic E-state index is -0.933. The molecular formula is C14H14ClNO3. The van der Waals surface area contributed by atoms with Crippen LogP contribution in [0.5, 0.6) is 0 Å². The number of benzene rings is 1. The van der Waals surface area contributed by atoms with Crippen LogP contribution in [0.15, 0.2) is 48.8 Å². The van der Waals surface area contributed by atoms with Gasteiger partial charge in [-0.1, -0.05) is 18.2 Å². The molecule has 0 aliphatic carbocycles. The van der Waals surface area contributed by atoms with Crippen LogP contribution in [-0.2, 0) is 4.74 Å². The molecule has 0 aliphatic rings. The van der Waals surface area contributed by atoms with E-state index in [9.17, 15) is 4.79 Å². The standard InChI is InChI=1S/C14H13NO3.ClH/c1-18-13(12-3-2-8-15-9-12)10-4-6-11(7-5-10)14(16)17;/h2-9,13H,1H3,(H,16,17);1H. The predicted molar refractivity (Wildman–Crippen MR) is 73.7 cm³/mol. The van der Waals surface area contributed by atoms with Gasteiger partial charge >= 0.3 is 5.97 Å². The summed E-state index contributed by atoms with van der Waals surface area (Å²) in [5.41, 5.74) is 2.10. The fraction of sp³-hybridized carbons (Fsp3) is 0.143. The highest BCUT2D eigenvalue weighted by Crippen LogP contribution is 2.24. The van der Waals surface area contributed by atoms with E-state index < -0.39 is 5.97 Å². The average molecular weight is 280 g/mol. The van der Waals surface area contributed by atoms with E-state index in [1.807, 2.05) is 12.1 Å². The van der Waals surface area contributed by atoms with Gasteiger partial charge in [0, 0.05) is 25.1 Å². The van der Waals surface area contributed by atoms with Crippen molar-refractivity contribution in [2.75, 3.05) is 7.11 Å². The Hall–Kier alpha value is -1.91. The molecule has 1 unspecified atom stereocenters. The summed E-state index contributed by atoms with van der Waals surface area (Å²) in [5.74, 6) is -0.933. The zero-order valence-electron chi connectivity index (χ0n) is 10.3. The van der Waals surface area contributed by atoms with Gasteiger partial charge in [-0.15, -0.1) is 12.4 Å². The Morgan fingerprint density at radius 2 is 1.89 bits per heavy atom. The summed E-state index contributed by atoms with van der Waals surface area (Å²) in [4.78, 5) is 14.8. The molecule has 1 atom stereocenters. The van der Waals surface area contributed by atoms with Gasteiger partial charge in [-0.05, 0) is 23.8 Å². The van der Waals surface area contributed by atoms with Gasteiger partial charge in [0.2, 0.25) is 0 Å². The van der Waals surface area contributed by atoms with E-state index in [2.05, 4.69) is 4.98 Å². The summed E-state index contributed by atoms with van der Waals surface area (Å²) < 4.78 is 5.44. The number of hydrogen-bond donors (Lipinski definition) is 1. The number of carbonyl (C=O) groups is 1. The highest BCUT2D eigenvalue weighted by molar-refractivity contribution is 5.87. The van der Waals surface area contributed by atoms with Crippen LogP contribution in [0.3, 0.4) is 0 Å². The molecule has 1 aromatic heterocycles. The van der Waals surface area contributed by atoms with Crippen LogP contribution in [0.1, 0.15) is 27.6 Å². The number of nitrogens with zero attached hydrogens (tertiary/aromatic N) is 1. The molecule has 0 spiro atoms. The van der Waals surface area contributed by atoms with Gasteiger partial charge in [0.1, 0.15) is 6.10 Å². The number of aromatic carboxylic acids is 1. The Balaban J connectivity index is 0.00000180. The van der Waals surface area contributed by atoms with Crippen LogP contribution in [0.25, 0.3) is 0 Å². The fourth-order valence-corrected chi connectivity index (χ4v) is 1.80. The Kier molecular flexibility index (Phi) is 5.48. The van der Waals surface area contributed by atoms with Gasteiger partial charge in [-0.3, -0.25) is 4.98 Å². The Labute approximate surface area is 117 Å². The Morgan fingerprint density at radius 1 is 1.21 bits per heavy atom. The van der Waals surface area contributed by atoms with Crippen molar-refractivity contribution in [3.05, 3.63) is 65.5 Å². The molecule has 2 rings (SSSR count). The third-order valence-corrected chi connectivity index (χ3v) is 2.68. The lowest BCUT2D eigenvalue weighted by molar-refractivity contribution is 0.0696.